The van der Waals surface area contributed by atoms with Gasteiger partial charge in [0.05, 0.1) is 18.8 Å². The number of aliphatic hydroxyl groups excluding tert-OH is 3. The summed E-state index contributed by atoms with van der Waals surface area (Å²) in [5.41, 5.74) is 0. The number of carbonyl (C=O) groups is 1. The summed E-state index contributed by atoms with van der Waals surface area (Å²) in [5, 5.41) is 33.3. The van der Waals surface area contributed by atoms with Gasteiger partial charge in [0.2, 0.25) is 5.91 Å². The second kappa shape index (κ2) is 44.8. The van der Waals surface area contributed by atoms with E-state index in [1.165, 1.54) is 205 Å². The summed E-state index contributed by atoms with van der Waals surface area (Å²) in [5.74, 6) is -0.152. The summed E-state index contributed by atoms with van der Waals surface area (Å²) < 4.78 is 0. The number of aliphatic hydroxyl groups is 3. The molecular formula is C49H97NO4. The average molecular weight is 764 g/mol. The van der Waals surface area contributed by atoms with E-state index < -0.39 is 18.2 Å². The molecule has 0 aromatic carbocycles. The number of hydrogen-bond donors (Lipinski definition) is 4. The van der Waals surface area contributed by atoms with Gasteiger partial charge in [-0.1, -0.05) is 238 Å². The second-order valence-electron chi connectivity index (χ2n) is 17.0. The summed E-state index contributed by atoms with van der Waals surface area (Å²) >= 11 is 0. The molecule has 0 heterocycles. The Hall–Kier alpha value is -0.910. The van der Waals surface area contributed by atoms with Crippen molar-refractivity contribution < 1.29 is 20.1 Å². The summed E-state index contributed by atoms with van der Waals surface area (Å²) in [4.78, 5) is 12.4. The molecule has 0 aliphatic carbocycles. The Balaban J connectivity index is 3.40. The van der Waals surface area contributed by atoms with Gasteiger partial charge in [-0.25, -0.2) is 0 Å². The Morgan fingerprint density at radius 1 is 0.444 bits per heavy atom. The molecule has 3 atom stereocenters. The summed E-state index contributed by atoms with van der Waals surface area (Å²) in [7, 11) is 0. The van der Waals surface area contributed by atoms with Gasteiger partial charge in [-0.15, -0.1) is 0 Å². The standard InChI is InChI=1S/C49H97NO4/c1-3-5-7-9-11-13-14-15-16-17-18-19-20-21-22-23-24-25-26-27-28-29-30-31-32-33-34-35-36-38-40-42-44-48(53)50-46(45-51)49(54)47(52)43-41-39-37-12-10-8-6-4-2/h12,37,46-47,49,51-52,54H,3-11,13-36,38-45H2,1-2H3,(H,50,53)/b37-12+. The predicted octanol–water partition coefficient (Wildman–Crippen LogP) is 14.4. The third-order valence-electron chi connectivity index (χ3n) is 11.6. The van der Waals surface area contributed by atoms with E-state index in [9.17, 15) is 20.1 Å². The Labute approximate surface area is 338 Å². The van der Waals surface area contributed by atoms with Gasteiger partial charge < -0.3 is 20.6 Å². The fourth-order valence-electron chi connectivity index (χ4n) is 7.81. The molecule has 4 N–H and O–H groups in total. The number of carbonyl (C=O) groups excluding carboxylic acids is 1. The van der Waals surface area contributed by atoms with Gasteiger partial charge in [-0.05, 0) is 38.5 Å². The number of nitrogens with one attached hydrogen (secondary N) is 1. The highest BCUT2D eigenvalue weighted by Gasteiger charge is 2.26. The monoisotopic (exact) mass is 764 g/mol. The Morgan fingerprint density at radius 2 is 0.741 bits per heavy atom. The first-order chi connectivity index (χ1) is 26.6. The van der Waals surface area contributed by atoms with Crippen LogP contribution in [0.25, 0.3) is 0 Å². The van der Waals surface area contributed by atoms with Crippen LogP contribution in [0.1, 0.15) is 271 Å². The minimum absolute atomic E-state index is 0.152. The maximum atomic E-state index is 12.4. The van der Waals surface area contributed by atoms with Crippen LogP contribution in [0, 0.1) is 0 Å². The summed E-state index contributed by atoms with van der Waals surface area (Å²) in [6.07, 6.45) is 53.8. The fraction of sp³-hybridized carbons (Fsp3) is 0.939. The highest BCUT2D eigenvalue weighted by atomic mass is 16.3. The molecular weight excluding hydrogens is 667 g/mol. The zero-order chi connectivity index (χ0) is 39.4. The van der Waals surface area contributed by atoms with E-state index in [-0.39, 0.29) is 12.5 Å². The van der Waals surface area contributed by atoms with Crippen LogP contribution in [-0.4, -0.2) is 46.1 Å². The average Bonchev–Trinajstić information content (AvgIpc) is 3.18. The van der Waals surface area contributed by atoms with E-state index in [0.717, 1.165) is 38.5 Å². The van der Waals surface area contributed by atoms with E-state index in [1.807, 2.05) is 0 Å². The minimum atomic E-state index is -1.15. The SMILES string of the molecule is CCCCC/C=C/CCCC(O)C(O)C(CO)NC(=O)CCCCCCCCCCCCCCCCCCCCCCCCCCCCCCCCCC. The van der Waals surface area contributed by atoms with Gasteiger partial charge in [0, 0.05) is 6.42 Å². The maximum absolute atomic E-state index is 12.4. The third-order valence-corrected chi connectivity index (χ3v) is 11.6. The zero-order valence-corrected chi connectivity index (χ0v) is 36.6. The fourth-order valence-corrected chi connectivity index (χ4v) is 7.81. The molecule has 0 saturated carbocycles. The summed E-state index contributed by atoms with van der Waals surface area (Å²) in [6.45, 7) is 4.13. The van der Waals surface area contributed by atoms with Crippen LogP contribution in [0.3, 0.4) is 0 Å². The molecule has 322 valence electrons. The number of rotatable bonds is 45. The second-order valence-corrected chi connectivity index (χ2v) is 17.0. The first-order valence-electron chi connectivity index (χ1n) is 24.5. The molecule has 0 aliphatic heterocycles. The molecule has 0 aromatic rings. The van der Waals surface area contributed by atoms with Crippen LogP contribution in [0.4, 0.5) is 0 Å². The number of allylic oxidation sites excluding steroid dienone is 2. The lowest BCUT2D eigenvalue weighted by molar-refractivity contribution is -0.124. The van der Waals surface area contributed by atoms with Crippen LogP contribution >= 0.6 is 0 Å². The first kappa shape index (κ1) is 53.1. The Morgan fingerprint density at radius 3 is 1.07 bits per heavy atom. The third kappa shape index (κ3) is 39.3. The highest BCUT2D eigenvalue weighted by molar-refractivity contribution is 5.76. The smallest absolute Gasteiger partial charge is 0.220 e. The molecule has 0 fully saturated rings. The first-order valence-corrected chi connectivity index (χ1v) is 24.5. The number of unbranched alkanes of at least 4 members (excludes halogenated alkanes) is 35. The van der Waals surface area contributed by atoms with Gasteiger partial charge >= 0.3 is 0 Å². The molecule has 0 bridgehead atoms. The van der Waals surface area contributed by atoms with Crippen LogP contribution in [0.5, 0.6) is 0 Å². The van der Waals surface area contributed by atoms with E-state index >= 15 is 0 Å². The lowest BCUT2D eigenvalue weighted by atomic mass is 10.0. The van der Waals surface area contributed by atoms with Gasteiger partial charge in [0.25, 0.3) is 0 Å². The van der Waals surface area contributed by atoms with E-state index in [0.29, 0.717) is 12.8 Å². The van der Waals surface area contributed by atoms with Crippen molar-refractivity contribution in [2.24, 2.45) is 0 Å². The molecule has 0 aliphatic rings. The van der Waals surface area contributed by atoms with Crippen molar-refractivity contribution in [3.05, 3.63) is 12.2 Å². The zero-order valence-electron chi connectivity index (χ0n) is 36.6. The maximum Gasteiger partial charge on any atom is 0.220 e. The predicted molar refractivity (Wildman–Crippen MR) is 236 cm³/mol. The summed E-state index contributed by atoms with van der Waals surface area (Å²) in [6, 6.07) is -0.819. The van der Waals surface area contributed by atoms with Gasteiger partial charge in [0.1, 0.15) is 6.10 Å². The van der Waals surface area contributed by atoms with Crippen LogP contribution in [-0.2, 0) is 4.79 Å². The van der Waals surface area contributed by atoms with Crippen molar-refractivity contribution in [1.82, 2.24) is 5.32 Å². The van der Waals surface area contributed by atoms with Gasteiger partial charge in [-0.2, -0.15) is 0 Å². The number of amides is 1. The normalized spacial score (nSPS) is 13.5. The van der Waals surface area contributed by atoms with Crippen LogP contribution in [0.15, 0.2) is 12.2 Å². The van der Waals surface area contributed by atoms with Crippen LogP contribution < -0.4 is 5.32 Å². The van der Waals surface area contributed by atoms with Crippen molar-refractivity contribution in [3.63, 3.8) is 0 Å². The molecule has 1 amide bonds. The van der Waals surface area contributed by atoms with E-state index in [4.69, 9.17) is 0 Å². The molecule has 0 aromatic heterocycles. The molecule has 0 spiro atoms. The molecule has 54 heavy (non-hydrogen) atoms. The van der Waals surface area contributed by atoms with Crippen molar-refractivity contribution in [2.45, 2.75) is 289 Å². The van der Waals surface area contributed by atoms with E-state index in [1.54, 1.807) is 0 Å². The molecule has 5 heteroatoms. The topological polar surface area (TPSA) is 89.8 Å². The van der Waals surface area contributed by atoms with Crippen LogP contribution in [0.2, 0.25) is 0 Å². The minimum Gasteiger partial charge on any atom is -0.394 e. The Bertz CT molecular complexity index is 758. The van der Waals surface area contributed by atoms with Crippen molar-refractivity contribution >= 4 is 5.91 Å². The van der Waals surface area contributed by atoms with Gasteiger partial charge in [0.15, 0.2) is 0 Å². The van der Waals surface area contributed by atoms with Crippen molar-refractivity contribution in [2.75, 3.05) is 6.61 Å². The molecule has 3 unspecified atom stereocenters. The number of hydrogen-bond acceptors (Lipinski definition) is 4. The molecule has 0 rings (SSSR count). The quantitative estimate of drug-likeness (QED) is 0.0367. The largest absolute Gasteiger partial charge is 0.394 e. The Kier molecular flexibility index (Phi) is 44.0. The lowest BCUT2D eigenvalue weighted by Gasteiger charge is -2.26. The van der Waals surface area contributed by atoms with Crippen molar-refractivity contribution in [3.8, 4) is 0 Å². The molecule has 0 saturated heterocycles. The lowest BCUT2D eigenvalue weighted by Crippen LogP contribution is -2.50. The van der Waals surface area contributed by atoms with Gasteiger partial charge in [-0.3, -0.25) is 4.79 Å². The van der Waals surface area contributed by atoms with E-state index in [2.05, 4.69) is 31.3 Å². The highest BCUT2D eigenvalue weighted by Crippen LogP contribution is 2.17. The van der Waals surface area contributed by atoms with Crippen molar-refractivity contribution in [1.29, 1.82) is 0 Å². The molecule has 0 radical (unpaired) electrons. The molecule has 5 nitrogen and oxygen atoms in total.